The number of benzene rings is 2. The second-order valence-electron chi connectivity index (χ2n) is 6.46. The van der Waals surface area contributed by atoms with E-state index in [-0.39, 0.29) is 5.92 Å². The topological polar surface area (TPSA) is 55.6 Å². The maximum atomic E-state index is 13.2. The lowest BCUT2D eigenvalue weighted by Gasteiger charge is -2.34. The lowest BCUT2D eigenvalue weighted by atomic mass is 9.88. The smallest absolute Gasteiger partial charge is 0.423 e. The molecule has 1 saturated heterocycles. The van der Waals surface area contributed by atoms with Crippen molar-refractivity contribution >= 4 is 11.4 Å². The van der Waals surface area contributed by atoms with Gasteiger partial charge >= 0.3 is 6.18 Å². The van der Waals surface area contributed by atoms with Crippen molar-refractivity contribution in [2.75, 3.05) is 25.1 Å². The number of nitrogens with zero attached hydrogens (tertiary/aromatic N) is 2. The minimum Gasteiger partial charge on any atom is -0.496 e. The molecule has 1 aliphatic heterocycles. The van der Waals surface area contributed by atoms with Gasteiger partial charge in [0.05, 0.1) is 12.0 Å². The molecule has 0 N–H and O–H groups in total. The second kappa shape index (κ2) is 7.46. The molecule has 5 nitrogen and oxygen atoms in total. The lowest BCUT2D eigenvalue weighted by molar-refractivity contribution is -0.388. The Bertz CT molecular complexity index is 831. The van der Waals surface area contributed by atoms with Gasteiger partial charge in [0.2, 0.25) is 0 Å². The normalized spacial score (nSPS) is 15.6. The van der Waals surface area contributed by atoms with E-state index in [2.05, 4.69) is 0 Å². The molecule has 0 bridgehead atoms. The van der Waals surface area contributed by atoms with Crippen molar-refractivity contribution in [3.63, 3.8) is 0 Å². The van der Waals surface area contributed by atoms with E-state index in [1.165, 1.54) is 6.07 Å². The van der Waals surface area contributed by atoms with Crippen molar-refractivity contribution in [1.29, 1.82) is 0 Å². The summed E-state index contributed by atoms with van der Waals surface area (Å²) in [5.74, 6) is 1.07. The Hall–Kier alpha value is -2.77. The van der Waals surface area contributed by atoms with Gasteiger partial charge in [-0.1, -0.05) is 18.2 Å². The van der Waals surface area contributed by atoms with Gasteiger partial charge in [0.25, 0.3) is 5.69 Å². The first-order valence-corrected chi connectivity index (χ1v) is 8.54. The highest BCUT2D eigenvalue weighted by Gasteiger charge is 2.39. The molecule has 27 heavy (non-hydrogen) atoms. The Labute approximate surface area is 154 Å². The molecule has 8 heteroatoms. The molecule has 0 aromatic heterocycles. The Balaban J connectivity index is 1.79. The summed E-state index contributed by atoms with van der Waals surface area (Å²) in [5.41, 5.74) is -0.683. The van der Waals surface area contributed by atoms with Crippen LogP contribution in [0.2, 0.25) is 0 Å². The largest absolute Gasteiger partial charge is 0.496 e. The molecule has 0 saturated carbocycles. The van der Waals surface area contributed by atoms with Crippen LogP contribution in [0.5, 0.6) is 5.75 Å². The summed E-state index contributed by atoms with van der Waals surface area (Å²) in [7, 11) is 1.61. The Morgan fingerprint density at radius 3 is 2.41 bits per heavy atom. The summed E-state index contributed by atoms with van der Waals surface area (Å²) in [6.45, 7) is 1.13. The quantitative estimate of drug-likeness (QED) is 0.553. The molecule has 2 aromatic rings. The third-order valence-corrected chi connectivity index (χ3v) is 4.92. The molecule has 1 heterocycles. The molecule has 0 radical (unpaired) electrons. The van der Waals surface area contributed by atoms with E-state index in [1.54, 1.807) is 7.11 Å². The van der Waals surface area contributed by atoms with Crippen molar-refractivity contribution in [3.05, 3.63) is 63.7 Å². The number of para-hydroxylation sites is 1. The SMILES string of the molecule is COc1ccccc1C1CCN(c2ccc([N+](=O)[O-])c(C(F)(F)F)c2)CC1. The first kappa shape index (κ1) is 19.0. The van der Waals surface area contributed by atoms with Crippen LogP contribution < -0.4 is 9.64 Å². The van der Waals surface area contributed by atoms with E-state index in [4.69, 9.17) is 4.74 Å². The van der Waals surface area contributed by atoms with E-state index < -0.39 is 22.4 Å². The molecule has 2 aromatic carbocycles. The van der Waals surface area contributed by atoms with Crippen LogP contribution in [0.3, 0.4) is 0 Å². The van der Waals surface area contributed by atoms with E-state index in [0.717, 1.165) is 36.3 Å². The first-order chi connectivity index (χ1) is 12.8. The van der Waals surface area contributed by atoms with E-state index in [0.29, 0.717) is 18.8 Å². The van der Waals surface area contributed by atoms with Gasteiger partial charge in [0.15, 0.2) is 0 Å². The zero-order chi connectivity index (χ0) is 19.6. The van der Waals surface area contributed by atoms with E-state index in [9.17, 15) is 23.3 Å². The average Bonchev–Trinajstić information content (AvgIpc) is 2.67. The molecule has 0 aliphatic carbocycles. The summed E-state index contributed by atoms with van der Waals surface area (Å²) in [6, 6.07) is 10.9. The maximum Gasteiger partial charge on any atom is 0.423 e. The van der Waals surface area contributed by atoms with Crippen molar-refractivity contribution in [3.8, 4) is 5.75 Å². The van der Waals surface area contributed by atoms with Crippen LogP contribution in [0.25, 0.3) is 0 Å². The number of anilines is 1. The van der Waals surface area contributed by atoms with Gasteiger partial charge in [-0.05, 0) is 42.5 Å². The van der Waals surface area contributed by atoms with Crippen LogP contribution in [0.15, 0.2) is 42.5 Å². The summed E-state index contributed by atoms with van der Waals surface area (Å²) in [6.07, 6.45) is -3.24. The minimum absolute atomic E-state index is 0.262. The van der Waals surface area contributed by atoms with Crippen LogP contribution >= 0.6 is 0 Å². The molecule has 1 aliphatic rings. The molecule has 0 unspecified atom stereocenters. The third kappa shape index (κ3) is 3.99. The monoisotopic (exact) mass is 380 g/mol. The summed E-state index contributed by atoms with van der Waals surface area (Å²) < 4.78 is 45.0. The zero-order valence-electron chi connectivity index (χ0n) is 14.7. The molecule has 144 valence electrons. The van der Waals surface area contributed by atoms with Crippen LogP contribution in [0.4, 0.5) is 24.5 Å². The Morgan fingerprint density at radius 2 is 1.81 bits per heavy atom. The first-order valence-electron chi connectivity index (χ1n) is 8.54. The summed E-state index contributed by atoms with van der Waals surface area (Å²) in [4.78, 5) is 11.7. The van der Waals surface area contributed by atoms with Crippen molar-refractivity contribution in [1.82, 2.24) is 0 Å². The number of piperidine rings is 1. The number of hydrogen-bond acceptors (Lipinski definition) is 4. The highest BCUT2D eigenvalue weighted by atomic mass is 19.4. The predicted octanol–water partition coefficient (Wildman–Crippen LogP) is 5.01. The fourth-order valence-electron chi connectivity index (χ4n) is 3.56. The molecule has 1 fully saturated rings. The Kier molecular flexibility index (Phi) is 5.25. The number of halogens is 3. The number of alkyl halides is 3. The van der Waals surface area contributed by atoms with Crippen molar-refractivity contribution < 1.29 is 22.8 Å². The number of ether oxygens (including phenoxy) is 1. The fraction of sp³-hybridized carbons (Fsp3) is 0.368. The van der Waals surface area contributed by atoms with E-state index in [1.807, 2.05) is 29.2 Å². The molecular formula is C19H19F3N2O3. The summed E-state index contributed by atoms with van der Waals surface area (Å²) >= 11 is 0. The molecule has 0 atom stereocenters. The number of methoxy groups -OCH3 is 1. The molecule has 0 spiro atoms. The minimum atomic E-state index is -4.77. The van der Waals surface area contributed by atoms with Crippen molar-refractivity contribution in [2.45, 2.75) is 24.9 Å². The number of nitro groups is 1. The lowest BCUT2D eigenvalue weighted by Crippen LogP contribution is -2.33. The molecule has 0 amide bonds. The zero-order valence-corrected chi connectivity index (χ0v) is 14.7. The number of hydrogen-bond donors (Lipinski definition) is 0. The number of rotatable bonds is 4. The highest BCUT2D eigenvalue weighted by Crippen LogP contribution is 2.40. The van der Waals surface area contributed by atoms with Gasteiger partial charge in [-0.3, -0.25) is 10.1 Å². The van der Waals surface area contributed by atoms with Gasteiger partial charge in [-0.2, -0.15) is 13.2 Å². The van der Waals surface area contributed by atoms with Gasteiger partial charge in [0, 0.05) is 24.8 Å². The standard InChI is InChI=1S/C19H19F3N2O3/c1-27-18-5-3-2-4-15(18)13-8-10-23(11-9-13)14-6-7-17(24(25)26)16(12-14)19(20,21)22/h2-7,12-13H,8-11H2,1H3. The van der Waals surface area contributed by atoms with Gasteiger partial charge < -0.3 is 9.64 Å². The number of nitro benzene ring substituents is 1. The fourth-order valence-corrected chi connectivity index (χ4v) is 3.56. The third-order valence-electron chi connectivity index (χ3n) is 4.92. The second-order valence-corrected chi connectivity index (χ2v) is 6.46. The van der Waals surface area contributed by atoms with Crippen LogP contribution in [-0.4, -0.2) is 25.1 Å². The predicted molar refractivity (Wildman–Crippen MR) is 95.3 cm³/mol. The van der Waals surface area contributed by atoms with Crippen molar-refractivity contribution in [2.24, 2.45) is 0 Å². The highest BCUT2D eigenvalue weighted by molar-refractivity contribution is 5.57. The Morgan fingerprint density at radius 1 is 1.15 bits per heavy atom. The van der Waals surface area contributed by atoms with Crippen LogP contribution in [0.1, 0.15) is 29.9 Å². The molecular weight excluding hydrogens is 361 g/mol. The van der Waals surface area contributed by atoms with Gasteiger partial charge in [-0.15, -0.1) is 0 Å². The average molecular weight is 380 g/mol. The van der Waals surface area contributed by atoms with Crippen LogP contribution in [-0.2, 0) is 6.18 Å². The van der Waals surface area contributed by atoms with Crippen LogP contribution in [0, 0.1) is 10.1 Å². The van der Waals surface area contributed by atoms with Gasteiger partial charge in [0.1, 0.15) is 11.3 Å². The molecule has 3 rings (SSSR count). The van der Waals surface area contributed by atoms with Gasteiger partial charge in [-0.25, -0.2) is 0 Å². The summed E-state index contributed by atoms with van der Waals surface area (Å²) in [5, 5.41) is 10.9. The maximum absolute atomic E-state index is 13.2. The van der Waals surface area contributed by atoms with E-state index >= 15 is 0 Å².